The summed E-state index contributed by atoms with van der Waals surface area (Å²) in [6, 6.07) is 0. The molecule has 1 rings (SSSR count). The standard InChI is InChI=1S/C25H36FN3/c1-10-14(6)16(8)20(15(7)13(4)5)24(28)22-19(12-3)18(11-2)21(17(9)27)25(29)23(22)26/h10,27-28H,11-12,29H2,1-9H3/b14-10-,20-16-,27-17?,28-24?. The zero-order valence-corrected chi connectivity index (χ0v) is 19.4. The summed E-state index contributed by atoms with van der Waals surface area (Å²) in [7, 11) is 0. The summed E-state index contributed by atoms with van der Waals surface area (Å²) >= 11 is 0. The SMILES string of the molecule is C/C=C(C)\C(C)=C(/C(=N)c1c(F)c(N)c(C(C)=N)c(CC)c1CC)C(C)=C(C)C. The number of nitrogens with one attached hydrogen (secondary N) is 2. The van der Waals surface area contributed by atoms with E-state index in [1.807, 2.05) is 61.5 Å². The fourth-order valence-electron chi connectivity index (χ4n) is 3.76. The molecule has 0 saturated heterocycles. The van der Waals surface area contributed by atoms with Crippen LogP contribution in [0.1, 0.15) is 84.6 Å². The molecule has 29 heavy (non-hydrogen) atoms. The van der Waals surface area contributed by atoms with Crippen LogP contribution in [0.4, 0.5) is 10.1 Å². The van der Waals surface area contributed by atoms with Crippen molar-refractivity contribution in [1.29, 1.82) is 10.8 Å². The molecule has 1 aromatic carbocycles. The highest BCUT2D eigenvalue weighted by molar-refractivity contribution is 6.17. The van der Waals surface area contributed by atoms with Crippen molar-refractivity contribution in [3.05, 3.63) is 62.0 Å². The minimum atomic E-state index is -0.587. The number of hydrogen-bond acceptors (Lipinski definition) is 3. The van der Waals surface area contributed by atoms with Crippen molar-refractivity contribution in [3.63, 3.8) is 0 Å². The van der Waals surface area contributed by atoms with Crippen molar-refractivity contribution < 1.29 is 4.39 Å². The fourth-order valence-corrected chi connectivity index (χ4v) is 3.76. The van der Waals surface area contributed by atoms with Gasteiger partial charge in [-0.3, -0.25) is 5.41 Å². The molecule has 0 aromatic heterocycles. The van der Waals surface area contributed by atoms with Crippen LogP contribution < -0.4 is 5.73 Å². The van der Waals surface area contributed by atoms with E-state index in [2.05, 4.69) is 0 Å². The van der Waals surface area contributed by atoms with Crippen molar-refractivity contribution in [2.24, 2.45) is 0 Å². The molecule has 0 bridgehead atoms. The summed E-state index contributed by atoms with van der Waals surface area (Å²) in [5.41, 5.74) is 13.8. The van der Waals surface area contributed by atoms with Gasteiger partial charge in [-0.2, -0.15) is 0 Å². The largest absolute Gasteiger partial charge is 0.396 e. The topological polar surface area (TPSA) is 73.7 Å². The van der Waals surface area contributed by atoms with Gasteiger partial charge in [-0.05, 0) is 83.6 Å². The Hall–Kier alpha value is -2.49. The number of nitrogen functional groups attached to an aromatic ring is 1. The molecule has 0 aliphatic rings. The molecule has 0 heterocycles. The molecule has 0 fully saturated rings. The highest BCUT2D eigenvalue weighted by Gasteiger charge is 2.27. The van der Waals surface area contributed by atoms with Crippen LogP contribution in [-0.2, 0) is 12.8 Å². The van der Waals surface area contributed by atoms with Crippen LogP contribution in [0.3, 0.4) is 0 Å². The Morgan fingerprint density at radius 2 is 1.38 bits per heavy atom. The van der Waals surface area contributed by atoms with Crippen LogP contribution in [0.25, 0.3) is 0 Å². The lowest BCUT2D eigenvalue weighted by molar-refractivity contribution is 0.626. The van der Waals surface area contributed by atoms with E-state index in [-0.39, 0.29) is 22.7 Å². The molecule has 4 heteroatoms. The van der Waals surface area contributed by atoms with Crippen molar-refractivity contribution in [2.45, 2.75) is 75.2 Å². The van der Waals surface area contributed by atoms with Gasteiger partial charge in [-0.25, -0.2) is 4.39 Å². The van der Waals surface area contributed by atoms with Gasteiger partial charge in [0.15, 0.2) is 5.82 Å². The van der Waals surface area contributed by atoms with Gasteiger partial charge in [0, 0.05) is 22.4 Å². The lowest BCUT2D eigenvalue weighted by Gasteiger charge is -2.24. The molecule has 0 aliphatic heterocycles. The highest BCUT2D eigenvalue weighted by atomic mass is 19.1. The van der Waals surface area contributed by atoms with Gasteiger partial charge in [-0.15, -0.1) is 0 Å². The molecule has 0 atom stereocenters. The van der Waals surface area contributed by atoms with Crippen molar-refractivity contribution in [2.75, 3.05) is 5.73 Å². The Morgan fingerprint density at radius 3 is 1.76 bits per heavy atom. The van der Waals surface area contributed by atoms with Gasteiger partial charge in [-0.1, -0.05) is 31.1 Å². The molecular formula is C25H36FN3. The van der Waals surface area contributed by atoms with Gasteiger partial charge < -0.3 is 11.1 Å². The maximum Gasteiger partial charge on any atom is 0.156 e. The molecule has 0 radical (unpaired) electrons. The van der Waals surface area contributed by atoms with Crippen LogP contribution in [0.15, 0.2) is 33.9 Å². The number of rotatable bonds is 7. The molecule has 158 valence electrons. The smallest absolute Gasteiger partial charge is 0.156 e. The maximum atomic E-state index is 15.6. The molecule has 4 N–H and O–H groups in total. The summed E-state index contributed by atoms with van der Waals surface area (Å²) in [5.74, 6) is -0.587. The maximum absolute atomic E-state index is 15.6. The van der Waals surface area contributed by atoms with E-state index >= 15 is 4.39 Å². The summed E-state index contributed by atoms with van der Waals surface area (Å²) in [6.45, 7) is 17.5. The Labute approximate surface area is 175 Å². The first-order valence-electron chi connectivity index (χ1n) is 10.2. The lowest BCUT2D eigenvalue weighted by Crippen LogP contribution is -2.19. The first-order chi connectivity index (χ1) is 13.5. The molecule has 0 amide bonds. The van der Waals surface area contributed by atoms with E-state index in [0.717, 1.165) is 39.0 Å². The monoisotopic (exact) mass is 397 g/mol. The molecule has 0 unspecified atom stereocenters. The Bertz CT molecular complexity index is 940. The molecule has 0 aliphatic carbocycles. The predicted octanol–water partition coefficient (Wildman–Crippen LogP) is 6.93. The van der Waals surface area contributed by atoms with Gasteiger partial charge in [0.05, 0.1) is 11.4 Å². The van der Waals surface area contributed by atoms with E-state index in [4.69, 9.17) is 16.6 Å². The first-order valence-corrected chi connectivity index (χ1v) is 10.2. The van der Waals surface area contributed by atoms with Crippen LogP contribution in [0.2, 0.25) is 0 Å². The van der Waals surface area contributed by atoms with Crippen LogP contribution in [0.5, 0.6) is 0 Å². The minimum absolute atomic E-state index is 0.0269. The summed E-state index contributed by atoms with van der Waals surface area (Å²) in [5, 5.41) is 17.2. The normalized spacial score (nSPS) is 12.6. The molecule has 0 saturated carbocycles. The summed E-state index contributed by atoms with van der Waals surface area (Å²) in [6.07, 6.45) is 3.21. The summed E-state index contributed by atoms with van der Waals surface area (Å²) < 4.78 is 15.6. The number of hydrogen-bond donors (Lipinski definition) is 3. The van der Waals surface area contributed by atoms with Gasteiger partial charge in [0.1, 0.15) is 0 Å². The fraction of sp³-hybridized carbons (Fsp3) is 0.440. The summed E-state index contributed by atoms with van der Waals surface area (Å²) in [4.78, 5) is 0. The minimum Gasteiger partial charge on any atom is -0.396 e. The van der Waals surface area contributed by atoms with Gasteiger partial charge in [0.25, 0.3) is 0 Å². The van der Waals surface area contributed by atoms with Crippen LogP contribution >= 0.6 is 0 Å². The van der Waals surface area contributed by atoms with Crippen molar-refractivity contribution in [3.8, 4) is 0 Å². The third-order valence-electron chi connectivity index (χ3n) is 5.80. The number of nitrogens with two attached hydrogens (primary N) is 1. The third kappa shape index (κ3) is 4.58. The van der Waals surface area contributed by atoms with E-state index < -0.39 is 5.82 Å². The molecule has 3 nitrogen and oxygen atoms in total. The number of anilines is 1. The highest BCUT2D eigenvalue weighted by Crippen LogP contribution is 2.35. The van der Waals surface area contributed by atoms with Crippen LogP contribution in [0, 0.1) is 16.6 Å². The van der Waals surface area contributed by atoms with E-state index in [1.165, 1.54) is 0 Å². The zero-order chi connectivity index (χ0) is 22.6. The second-order valence-electron chi connectivity index (χ2n) is 7.74. The average Bonchev–Trinajstić information content (AvgIpc) is 2.67. The number of halogens is 1. The quantitative estimate of drug-likeness (QED) is 0.260. The van der Waals surface area contributed by atoms with Gasteiger partial charge >= 0.3 is 0 Å². The average molecular weight is 398 g/mol. The lowest BCUT2D eigenvalue weighted by atomic mass is 9.82. The third-order valence-corrected chi connectivity index (χ3v) is 5.80. The van der Waals surface area contributed by atoms with Crippen molar-refractivity contribution in [1.82, 2.24) is 0 Å². The van der Waals surface area contributed by atoms with E-state index in [0.29, 0.717) is 18.4 Å². The molecule has 0 spiro atoms. The molecular weight excluding hydrogens is 361 g/mol. The van der Waals surface area contributed by atoms with Crippen molar-refractivity contribution >= 4 is 17.1 Å². The first kappa shape index (κ1) is 24.5. The Kier molecular flexibility index (Phi) is 8.31. The zero-order valence-electron chi connectivity index (χ0n) is 19.4. The number of benzene rings is 1. The predicted molar refractivity (Wildman–Crippen MR) is 125 cm³/mol. The van der Waals surface area contributed by atoms with E-state index in [1.54, 1.807) is 6.92 Å². The van der Waals surface area contributed by atoms with Crippen LogP contribution in [-0.4, -0.2) is 11.4 Å². The Balaban J connectivity index is 4.12. The van der Waals surface area contributed by atoms with Gasteiger partial charge in [0.2, 0.25) is 0 Å². The number of allylic oxidation sites excluding steroid dienone is 6. The molecule has 1 aromatic rings. The Morgan fingerprint density at radius 1 is 0.897 bits per heavy atom. The second kappa shape index (κ2) is 9.82. The second-order valence-corrected chi connectivity index (χ2v) is 7.74. The van der Waals surface area contributed by atoms with E-state index in [9.17, 15) is 0 Å².